The van der Waals surface area contributed by atoms with E-state index < -0.39 is 19.9 Å². The molecule has 9 heteroatoms. The molecule has 26 heavy (non-hydrogen) atoms. The molecule has 3 N–H and O–H groups in total. The van der Waals surface area contributed by atoms with Crippen LogP contribution >= 0.6 is 7.60 Å². The Morgan fingerprint density at radius 3 is 2.50 bits per heavy atom. The number of aliphatic hydroxyl groups excluding tert-OH is 1. The lowest BCUT2D eigenvalue weighted by Crippen LogP contribution is -2.47. The first-order chi connectivity index (χ1) is 11.9. The molecule has 0 aromatic rings. The zero-order chi connectivity index (χ0) is 20.0. The second-order valence-electron chi connectivity index (χ2n) is 8.21. The monoisotopic (exact) mass is 392 g/mol. The van der Waals surface area contributed by atoms with Crippen LogP contribution in [-0.2, 0) is 18.6 Å². The second kappa shape index (κ2) is 9.85. The molecule has 1 heterocycles. The van der Waals surface area contributed by atoms with Gasteiger partial charge in [0, 0.05) is 12.3 Å². The predicted octanol–water partition coefficient (Wildman–Crippen LogP) is 1.89. The normalized spacial score (nSPS) is 20.0. The first-order valence-electron chi connectivity index (χ1n) is 8.86. The quantitative estimate of drug-likeness (QED) is 0.487. The molecule has 1 aliphatic rings. The van der Waals surface area contributed by atoms with E-state index in [9.17, 15) is 19.4 Å². The largest absolute Gasteiger partial charge is 0.392 e. The number of nitrogens with one attached hydrogen (secondary N) is 1. The molecule has 0 aliphatic carbocycles. The molecule has 0 bridgehead atoms. The molecule has 1 amide bonds. The summed E-state index contributed by atoms with van der Waals surface area (Å²) >= 11 is 0. The molecule has 0 aromatic carbocycles. The highest BCUT2D eigenvalue weighted by Crippen LogP contribution is 2.47. The van der Waals surface area contributed by atoms with Gasteiger partial charge >= 0.3 is 7.60 Å². The van der Waals surface area contributed by atoms with Crippen LogP contribution in [0.1, 0.15) is 41.0 Å². The second-order valence-corrected chi connectivity index (χ2v) is 10.1. The number of aliphatic hydroxyl groups is 1. The van der Waals surface area contributed by atoms with Crippen LogP contribution in [-0.4, -0.2) is 59.2 Å². The van der Waals surface area contributed by atoms with Gasteiger partial charge in [0.15, 0.2) is 6.23 Å². The number of hydrogen-bond donors (Lipinski definition) is 3. The van der Waals surface area contributed by atoms with Crippen LogP contribution in [0.4, 0.5) is 0 Å². The summed E-state index contributed by atoms with van der Waals surface area (Å²) in [5.41, 5.74) is -0.330. The van der Waals surface area contributed by atoms with Crippen LogP contribution in [0.3, 0.4) is 0 Å². The smallest absolute Gasteiger partial charge is 0.328 e. The van der Waals surface area contributed by atoms with Crippen molar-refractivity contribution < 1.29 is 28.6 Å². The van der Waals surface area contributed by atoms with Crippen molar-refractivity contribution in [3.63, 3.8) is 0 Å². The molecular weight excluding hydrogens is 359 g/mol. The molecule has 1 aliphatic heterocycles. The van der Waals surface area contributed by atoms with Crippen molar-refractivity contribution >= 4 is 13.5 Å². The number of nitrogens with zero attached hydrogens (tertiary/aromatic N) is 1. The van der Waals surface area contributed by atoms with Crippen molar-refractivity contribution in [2.75, 3.05) is 26.0 Å². The number of hydrogen-bond acceptors (Lipinski definition) is 6. The maximum absolute atomic E-state index is 12.3. The molecule has 3 atom stereocenters. The van der Waals surface area contributed by atoms with E-state index in [1.165, 1.54) is 6.08 Å². The maximum atomic E-state index is 12.3. The van der Waals surface area contributed by atoms with E-state index >= 15 is 0 Å². The van der Waals surface area contributed by atoms with Gasteiger partial charge in [-0.2, -0.15) is 0 Å². The Balaban J connectivity index is 2.71. The zero-order valence-electron chi connectivity index (χ0n) is 16.3. The van der Waals surface area contributed by atoms with Gasteiger partial charge in [0.25, 0.3) is 0 Å². The third-order valence-electron chi connectivity index (χ3n) is 3.60. The van der Waals surface area contributed by atoms with Gasteiger partial charge in [-0.3, -0.25) is 9.36 Å². The van der Waals surface area contributed by atoms with Crippen LogP contribution in [0.5, 0.6) is 0 Å². The zero-order valence-corrected chi connectivity index (χ0v) is 17.2. The van der Waals surface area contributed by atoms with Crippen molar-refractivity contribution in [2.24, 2.45) is 11.3 Å². The SMILES string of the molecule is CC(C)C[C@H](COP(=O)(O)CC(C)(C)C)O[C@H](CO)N1C=CC(=O)NC1. The molecular formula is C17H33N2O6P. The first-order valence-corrected chi connectivity index (χ1v) is 10.6. The Morgan fingerprint density at radius 1 is 1.38 bits per heavy atom. The summed E-state index contributed by atoms with van der Waals surface area (Å²) in [6.45, 7) is 9.55. The minimum absolute atomic E-state index is 0.0392. The molecule has 0 saturated carbocycles. The van der Waals surface area contributed by atoms with Crippen LogP contribution in [0, 0.1) is 11.3 Å². The van der Waals surface area contributed by atoms with E-state index in [2.05, 4.69) is 5.32 Å². The highest BCUT2D eigenvalue weighted by Gasteiger charge is 2.30. The fraction of sp³-hybridized carbons (Fsp3) is 0.824. The molecule has 152 valence electrons. The van der Waals surface area contributed by atoms with Gasteiger partial charge in [-0.25, -0.2) is 0 Å². The van der Waals surface area contributed by atoms with Crippen molar-refractivity contribution in [3.05, 3.63) is 12.3 Å². The third-order valence-corrected chi connectivity index (χ3v) is 5.50. The molecule has 0 radical (unpaired) electrons. The molecule has 8 nitrogen and oxygen atoms in total. The van der Waals surface area contributed by atoms with Gasteiger partial charge in [-0.15, -0.1) is 0 Å². The van der Waals surface area contributed by atoms with Crippen molar-refractivity contribution in [1.82, 2.24) is 10.2 Å². The van der Waals surface area contributed by atoms with Crippen LogP contribution in [0.15, 0.2) is 12.3 Å². The maximum Gasteiger partial charge on any atom is 0.328 e. The fourth-order valence-electron chi connectivity index (χ4n) is 2.62. The van der Waals surface area contributed by atoms with Gasteiger partial charge < -0.3 is 29.5 Å². The van der Waals surface area contributed by atoms with Gasteiger partial charge in [0.05, 0.1) is 32.1 Å². The Morgan fingerprint density at radius 2 is 2.04 bits per heavy atom. The summed E-state index contributed by atoms with van der Waals surface area (Å²) < 4.78 is 23.5. The molecule has 1 unspecified atom stereocenters. The number of carbonyl (C=O) groups is 1. The first kappa shape index (κ1) is 23.1. The lowest BCUT2D eigenvalue weighted by atomic mass is 10.0. The summed E-state index contributed by atoms with van der Waals surface area (Å²) in [4.78, 5) is 22.9. The van der Waals surface area contributed by atoms with E-state index in [0.717, 1.165) is 0 Å². The lowest BCUT2D eigenvalue weighted by Gasteiger charge is -2.34. The van der Waals surface area contributed by atoms with E-state index in [1.807, 2.05) is 34.6 Å². The summed E-state index contributed by atoms with van der Waals surface area (Å²) in [5.74, 6) is 0.0728. The minimum atomic E-state index is -3.73. The average molecular weight is 392 g/mol. The van der Waals surface area contributed by atoms with E-state index in [-0.39, 0.29) is 43.3 Å². The highest BCUT2D eigenvalue weighted by molar-refractivity contribution is 7.52. The van der Waals surface area contributed by atoms with E-state index in [0.29, 0.717) is 6.42 Å². The van der Waals surface area contributed by atoms with Gasteiger partial charge in [-0.1, -0.05) is 34.6 Å². The Hall–Kier alpha value is -0.920. The number of amides is 1. The average Bonchev–Trinajstić information content (AvgIpc) is 2.48. The minimum Gasteiger partial charge on any atom is -0.392 e. The Kier molecular flexibility index (Phi) is 8.76. The number of ether oxygens (including phenoxy) is 1. The van der Waals surface area contributed by atoms with E-state index in [4.69, 9.17) is 9.26 Å². The molecule has 1 rings (SSSR count). The highest BCUT2D eigenvalue weighted by atomic mass is 31.2. The molecule has 0 spiro atoms. The van der Waals surface area contributed by atoms with Crippen LogP contribution < -0.4 is 5.32 Å². The van der Waals surface area contributed by atoms with Crippen LogP contribution in [0.25, 0.3) is 0 Å². The van der Waals surface area contributed by atoms with Crippen LogP contribution in [0.2, 0.25) is 0 Å². The molecule has 0 saturated heterocycles. The number of carbonyl (C=O) groups excluding carboxylic acids is 1. The van der Waals surface area contributed by atoms with Crippen molar-refractivity contribution in [3.8, 4) is 0 Å². The Labute approximate surface area is 156 Å². The van der Waals surface area contributed by atoms with Crippen molar-refractivity contribution in [1.29, 1.82) is 0 Å². The predicted molar refractivity (Wildman–Crippen MR) is 99.3 cm³/mol. The Bertz CT molecular complexity index is 532. The van der Waals surface area contributed by atoms with Gasteiger partial charge in [-0.05, 0) is 17.8 Å². The van der Waals surface area contributed by atoms with Gasteiger partial charge in [0.2, 0.25) is 5.91 Å². The van der Waals surface area contributed by atoms with Crippen molar-refractivity contribution in [2.45, 2.75) is 53.4 Å². The van der Waals surface area contributed by atoms with E-state index in [1.54, 1.807) is 11.1 Å². The fourth-order valence-corrected chi connectivity index (χ4v) is 4.31. The summed E-state index contributed by atoms with van der Waals surface area (Å²) in [5, 5.41) is 12.3. The standard InChI is InChI=1S/C17H33N2O6P/c1-13(2)8-14(10-24-26(22,23)11-17(3,4)5)25-16(9-20)19-7-6-15(21)18-12-19/h6-7,13-14,16,20H,8-12H2,1-5H3,(H,18,21)(H,22,23)/t14-,16-/m1/s1. The molecule has 0 aromatic heterocycles. The lowest BCUT2D eigenvalue weighted by molar-refractivity contribution is -0.131. The summed E-state index contributed by atoms with van der Waals surface area (Å²) in [7, 11) is -3.73. The molecule has 0 fully saturated rings. The topological polar surface area (TPSA) is 108 Å². The van der Waals surface area contributed by atoms with Gasteiger partial charge in [0.1, 0.15) is 0 Å². The summed E-state index contributed by atoms with van der Waals surface area (Å²) in [6, 6.07) is 0. The number of rotatable bonds is 10. The summed E-state index contributed by atoms with van der Waals surface area (Å²) in [6.07, 6.45) is 2.44. The third kappa shape index (κ3) is 9.14.